The second kappa shape index (κ2) is 10.5. The monoisotopic (exact) mass is 517 g/mol. The van der Waals surface area contributed by atoms with Gasteiger partial charge < -0.3 is 35.6 Å². The molecule has 15 heteroatoms. The molecule has 36 heavy (non-hydrogen) atoms. The van der Waals surface area contributed by atoms with Gasteiger partial charge in [0.25, 0.3) is 5.56 Å². The molecule has 0 aromatic carbocycles. The van der Waals surface area contributed by atoms with Crippen LogP contribution in [0.2, 0.25) is 0 Å². The molecule has 1 aliphatic heterocycles. The Hall–Kier alpha value is -3.75. The molecule has 2 unspecified atom stereocenters. The lowest BCUT2D eigenvalue weighted by molar-refractivity contribution is -0.176. The summed E-state index contributed by atoms with van der Waals surface area (Å²) in [6, 6.07) is 0.218. The first-order valence-electron chi connectivity index (χ1n) is 10.6. The lowest BCUT2D eigenvalue weighted by Crippen LogP contribution is -2.57. The van der Waals surface area contributed by atoms with E-state index >= 15 is 0 Å². The van der Waals surface area contributed by atoms with E-state index in [9.17, 15) is 31.5 Å². The maximum absolute atomic E-state index is 13.2. The van der Waals surface area contributed by atoms with Crippen molar-refractivity contribution in [1.29, 1.82) is 5.41 Å². The van der Waals surface area contributed by atoms with E-state index in [1.54, 1.807) is 11.0 Å². The van der Waals surface area contributed by atoms with E-state index in [1.807, 2.05) is 0 Å². The van der Waals surface area contributed by atoms with E-state index < -0.39 is 47.8 Å². The van der Waals surface area contributed by atoms with Gasteiger partial charge in [-0.15, -0.1) is 0 Å². The molecule has 2 aromatic rings. The number of pyridine rings is 2. The number of ether oxygens (including phenoxy) is 1. The molecule has 3 heterocycles. The van der Waals surface area contributed by atoms with E-state index in [4.69, 9.17) is 15.9 Å². The third kappa shape index (κ3) is 5.90. The van der Waals surface area contributed by atoms with Gasteiger partial charge in [0.2, 0.25) is 0 Å². The summed E-state index contributed by atoms with van der Waals surface area (Å²) in [5.74, 6) is 0.126. The van der Waals surface area contributed by atoms with Gasteiger partial charge in [-0.05, 0) is 18.6 Å². The molecule has 0 radical (unpaired) electrons. The van der Waals surface area contributed by atoms with Crippen LogP contribution in [0.1, 0.15) is 17.5 Å². The molecular formula is C21H24F5N7O3. The summed E-state index contributed by atoms with van der Waals surface area (Å²) in [6.07, 6.45) is -2.79. The standard InChI is InChI=1S/C21H24F5N7O3/c1-31-9-12(21(24,25)26)6-14(18(31)34)30-20(35)32(2)15-3-4-33(10-16(15)36-19(22)23)13-5-11(7-27)17(28)29-8-13/h5-9,15-16,19,27H,3-4,10H2,1-2H3,(H2,28,29)(H,30,35). The average molecular weight is 517 g/mol. The van der Waals surface area contributed by atoms with Crippen LogP contribution in [0.15, 0.2) is 29.3 Å². The number of nitrogens with zero attached hydrogens (tertiary/aromatic N) is 4. The number of aryl methyl sites for hydroxylation is 1. The zero-order chi connectivity index (χ0) is 26.8. The van der Waals surface area contributed by atoms with Crippen LogP contribution in [0.4, 0.5) is 43.9 Å². The number of anilines is 3. The smallest absolute Gasteiger partial charge is 0.383 e. The number of aromatic nitrogens is 2. The van der Waals surface area contributed by atoms with Crippen LogP contribution in [-0.4, -0.2) is 65.6 Å². The molecule has 0 bridgehead atoms. The number of urea groups is 1. The zero-order valence-corrected chi connectivity index (χ0v) is 19.2. The molecule has 196 valence electrons. The van der Waals surface area contributed by atoms with Gasteiger partial charge in [-0.2, -0.15) is 22.0 Å². The first-order valence-corrected chi connectivity index (χ1v) is 10.6. The van der Waals surface area contributed by atoms with Gasteiger partial charge in [-0.1, -0.05) is 0 Å². The molecule has 0 spiro atoms. The Morgan fingerprint density at radius 1 is 1.39 bits per heavy atom. The van der Waals surface area contributed by atoms with Crippen LogP contribution in [-0.2, 0) is 18.0 Å². The minimum atomic E-state index is -4.76. The SMILES string of the molecule is CN(C(=O)Nc1cc(C(F)(F)F)cn(C)c1=O)C1CCN(c2cnc(N)c(C=N)c2)CC1OC(F)F. The number of nitrogens with one attached hydrogen (secondary N) is 2. The summed E-state index contributed by atoms with van der Waals surface area (Å²) < 4.78 is 71.2. The predicted molar refractivity (Wildman–Crippen MR) is 121 cm³/mol. The summed E-state index contributed by atoms with van der Waals surface area (Å²) in [5, 5.41) is 9.55. The minimum Gasteiger partial charge on any atom is -0.383 e. The summed E-state index contributed by atoms with van der Waals surface area (Å²) in [5.41, 5.74) is 3.90. The maximum atomic E-state index is 13.2. The van der Waals surface area contributed by atoms with E-state index in [0.29, 0.717) is 28.1 Å². The van der Waals surface area contributed by atoms with Crippen molar-refractivity contribution in [2.45, 2.75) is 31.4 Å². The highest BCUT2D eigenvalue weighted by Gasteiger charge is 2.37. The van der Waals surface area contributed by atoms with Crippen LogP contribution in [0.25, 0.3) is 0 Å². The Morgan fingerprint density at radius 3 is 2.69 bits per heavy atom. The van der Waals surface area contributed by atoms with Crippen molar-refractivity contribution in [2.24, 2.45) is 7.05 Å². The Labute approximate surface area is 202 Å². The van der Waals surface area contributed by atoms with E-state index in [0.717, 1.165) is 18.2 Å². The molecule has 1 aliphatic rings. The molecule has 2 amide bonds. The fourth-order valence-electron chi connectivity index (χ4n) is 3.93. The highest BCUT2D eigenvalue weighted by atomic mass is 19.4. The Morgan fingerprint density at radius 2 is 2.08 bits per heavy atom. The van der Waals surface area contributed by atoms with Crippen molar-refractivity contribution in [3.63, 3.8) is 0 Å². The van der Waals surface area contributed by atoms with Crippen molar-refractivity contribution in [3.05, 3.63) is 46.0 Å². The van der Waals surface area contributed by atoms with Crippen LogP contribution >= 0.6 is 0 Å². The number of amides is 2. The number of hydrogen-bond acceptors (Lipinski definition) is 7. The lowest BCUT2D eigenvalue weighted by atomic mass is 9.99. The van der Waals surface area contributed by atoms with E-state index in [-0.39, 0.29) is 25.3 Å². The average Bonchev–Trinajstić information content (AvgIpc) is 2.80. The third-order valence-electron chi connectivity index (χ3n) is 5.83. The summed E-state index contributed by atoms with van der Waals surface area (Å²) in [4.78, 5) is 31.8. The van der Waals surface area contributed by atoms with E-state index in [2.05, 4.69) is 10.3 Å². The normalized spacial score (nSPS) is 18.3. The lowest BCUT2D eigenvalue weighted by Gasteiger charge is -2.42. The quantitative estimate of drug-likeness (QED) is 0.399. The van der Waals surface area contributed by atoms with Crippen molar-refractivity contribution in [1.82, 2.24) is 14.5 Å². The molecule has 4 N–H and O–H groups in total. The fourth-order valence-corrected chi connectivity index (χ4v) is 3.93. The van der Waals surface area contributed by atoms with Crippen LogP contribution < -0.4 is 21.5 Å². The highest BCUT2D eigenvalue weighted by Crippen LogP contribution is 2.30. The van der Waals surface area contributed by atoms with Crippen LogP contribution in [0, 0.1) is 5.41 Å². The largest absolute Gasteiger partial charge is 0.417 e. The summed E-state index contributed by atoms with van der Waals surface area (Å²) >= 11 is 0. The number of nitrogen functional groups attached to an aromatic ring is 1. The topological polar surface area (TPSA) is 130 Å². The highest BCUT2D eigenvalue weighted by molar-refractivity contribution is 5.89. The molecule has 0 aliphatic carbocycles. The second-order valence-electron chi connectivity index (χ2n) is 8.15. The number of halogens is 5. The number of likely N-dealkylation sites (N-methyl/N-ethyl adjacent to an activating group) is 1. The van der Waals surface area contributed by atoms with E-state index in [1.165, 1.54) is 13.2 Å². The van der Waals surface area contributed by atoms with Crippen molar-refractivity contribution in [2.75, 3.05) is 36.1 Å². The van der Waals surface area contributed by atoms with Crippen molar-refractivity contribution in [3.8, 4) is 0 Å². The van der Waals surface area contributed by atoms with Gasteiger partial charge in [0.1, 0.15) is 17.6 Å². The van der Waals surface area contributed by atoms with Crippen LogP contribution in [0.5, 0.6) is 0 Å². The van der Waals surface area contributed by atoms with Gasteiger partial charge in [-0.25, -0.2) is 9.78 Å². The summed E-state index contributed by atoms with van der Waals surface area (Å²) in [7, 11) is 2.38. The van der Waals surface area contributed by atoms with Crippen LogP contribution in [0.3, 0.4) is 0 Å². The van der Waals surface area contributed by atoms with Gasteiger partial charge in [0, 0.05) is 45.2 Å². The van der Waals surface area contributed by atoms with Gasteiger partial charge in [0.05, 0.1) is 23.5 Å². The molecule has 2 atom stereocenters. The van der Waals surface area contributed by atoms with Gasteiger partial charge in [-0.3, -0.25) is 4.79 Å². The first kappa shape index (κ1) is 26.8. The molecule has 10 nitrogen and oxygen atoms in total. The van der Waals surface area contributed by atoms with Crippen molar-refractivity contribution >= 4 is 29.4 Å². The second-order valence-corrected chi connectivity index (χ2v) is 8.15. The summed E-state index contributed by atoms with van der Waals surface area (Å²) in [6.45, 7) is -2.97. The number of nitrogens with two attached hydrogens (primary N) is 1. The third-order valence-corrected chi connectivity index (χ3v) is 5.83. The Kier molecular flexibility index (Phi) is 7.81. The fraction of sp³-hybridized carbons (Fsp3) is 0.429. The number of rotatable bonds is 6. The zero-order valence-electron chi connectivity index (χ0n) is 19.2. The minimum absolute atomic E-state index is 0.0824. The molecule has 0 saturated carbocycles. The first-order chi connectivity index (χ1) is 16.8. The number of hydrogen-bond donors (Lipinski definition) is 3. The Balaban J connectivity index is 1.81. The van der Waals surface area contributed by atoms with Gasteiger partial charge in [0.15, 0.2) is 0 Å². The molecule has 1 saturated heterocycles. The molecule has 1 fully saturated rings. The predicted octanol–water partition coefficient (Wildman–Crippen LogP) is 2.73. The number of piperidine rings is 1. The number of carbonyl (C=O) groups excluding carboxylic acids is 1. The van der Waals surface area contributed by atoms with Gasteiger partial charge >= 0.3 is 18.8 Å². The van der Waals surface area contributed by atoms with Crippen molar-refractivity contribution < 1.29 is 31.5 Å². The number of carbonyl (C=O) groups is 1. The maximum Gasteiger partial charge on any atom is 0.417 e. The Bertz CT molecular complexity index is 1190. The number of alkyl halides is 5. The molecular weight excluding hydrogens is 493 g/mol. The molecule has 3 rings (SSSR count). The molecule has 2 aromatic heterocycles.